The number of aliphatic carboxylic acids is 1. The first-order chi connectivity index (χ1) is 8.51. The fraction of sp³-hybridized carbons (Fsp3) is 0.533. The van der Waals surface area contributed by atoms with E-state index in [0.717, 1.165) is 6.42 Å². The van der Waals surface area contributed by atoms with E-state index in [-0.39, 0.29) is 0 Å². The van der Waals surface area contributed by atoms with Gasteiger partial charge in [0.2, 0.25) is 0 Å². The van der Waals surface area contributed by atoms with Gasteiger partial charge in [0, 0.05) is 0 Å². The smallest absolute Gasteiger partial charge is 0.312 e. The maximum absolute atomic E-state index is 11.2. The Bertz CT molecular complexity index is 432. The number of aliphatic hydroxyl groups is 1. The number of aliphatic hydroxyl groups excluding tert-OH is 1. The van der Waals surface area contributed by atoms with Crippen molar-refractivity contribution >= 4 is 5.97 Å². The highest BCUT2D eigenvalue weighted by Crippen LogP contribution is 2.55. The van der Waals surface area contributed by atoms with Crippen LogP contribution >= 0.6 is 0 Å². The van der Waals surface area contributed by atoms with Gasteiger partial charge in [-0.3, -0.25) is 4.79 Å². The summed E-state index contributed by atoms with van der Waals surface area (Å²) in [6, 6.07) is 7.69. The van der Waals surface area contributed by atoms with Gasteiger partial charge in [-0.2, -0.15) is 0 Å². The summed E-state index contributed by atoms with van der Waals surface area (Å²) in [5.74, 6) is -0.397. The Balaban J connectivity index is 2.17. The molecule has 18 heavy (non-hydrogen) atoms. The van der Waals surface area contributed by atoms with Crippen molar-refractivity contribution in [2.75, 3.05) is 0 Å². The van der Waals surface area contributed by atoms with E-state index in [1.165, 1.54) is 5.56 Å². The van der Waals surface area contributed by atoms with Crippen molar-refractivity contribution in [2.45, 2.75) is 45.1 Å². The molecule has 1 fully saturated rings. The zero-order chi connectivity index (χ0) is 13.3. The third-order valence-electron chi connectivity index (χ3n) is 4.17. The highest BCUT2D eigenvalue weighted by molar-refractivity contribution is 5.79. The Morgan fingerprint density at radius 1 is 1.28 bits per heavy atom. The van der Waals surface area contributed by atoms with Crippen LogP contribution in [0, 0.1) is 5.41 Å². The molecule has 1 aliphatic carbocycles. The van der Waals surface area contributed by atoms with Crippen molar-refractivity contribution in [2.24, 2.45) is 5.41 Å². The molecule has 2 N–H and O–H groups in total. The van der Waals surface area contributed by atoms with Crippen LogP contribution in [0.5, 0.6) is 0 Å². The van der Waals surface area contributed by atoms with Crippen molar-refractivity contribution in [3.05, 3.63) is 35.4 Å². The first-order valence-corrected chi connectivity index (χ1v) is 6.52. The standard InChI is InChI=1S/C15H20O3/c1-3-10(2)11-4-6-12(7-5-11)13(16)15(8-9-15)14(17)18/h4-7,10,13,16H,3,8-9H2,1-2H3,(H,17,18). The Hall–Kier alpha value is -1.35. The molecule has 98 valence electrons. The lowest BCUT2D eigenvalue weighted by molar-refractivity contribution is -0.148. The predicted octanol–water partition coefficient (Wildman–Crippen LogP) is 3.10. The highest BCUT2D eigenvalue weighted by atomic mass is 16.4. The second kappa shape index (κ2) is 4.73. The third-order valence-corrected chi connectivity index (χ3v) is 4.17. The molecule has 3 heteroatoms. The van der Waals surface area contributed by atoms with E-state index < -0.39 is 17.5 Å². The molecule has 0 amide bonds. The van der Waals surface area contributed by atoms with E-state index in [0.29, 0.717) is 24.3 Å². The second-order valence-corrected chi connectivity index (χ2v) is 5.34. The van der Waals surface area contributed by atoms with E-state index in [2.05, 4.69) is 13.8 Å². The maximum atomic E-state index is 11.2. The summed E-state index contributed by atoms with van der Waals surface area (Å²) < 4.78 is 0. The van der Waals surface area contributed by atoms with Crippen LogP contribution in [0.2, 0.25) is 0 Å². The number of carboxylic acids is 1. The summed E-state index contributed by atoms with van der Waals surface area (Å²) in [5.41, 5.74) is 1.01. The van der Waals surface area contributed by atoms with Crippen molar-refractivity contribution in [3.8, 4) is 0 Å². The van der Waals surface area contributed by atoms with E-state index in [4.69, 9.17) is 5.11 Å². The fourth-order valence-electron chi connectivity index (χ4n) is 2.30. The topological polar surface area (TPSA) is 57.5 Å². The summed E-state index contributed by atoms with van der Waals surface area (Å²) in [6.07, 6.45) is 1.31. The van der Waals surface area contributed by atoms with Gasteiger partial charge in [0.15, 0.2) is 0 Å². The van der Waals surface area contributed by atoms with Gasteiger partial charge in [-0.15, -0.1) is 0 Å². The molecular weight excluding hydrogens is 228 g/mol. The Labute approximate surface area is 107 Å². The van der Waals surface area contributed by atoms with E-state index in [1.54, 1.807) is 0 Å². The molecule has 1 aliphatic rings. The van der Waals surface area contributed by atoms with Crippen LogP contribution in [0.15, 0.2) is 24.3 Å². The minimum atomic E-state index is -0.933. The van der Waals surface area contributed by atoms with Crippen LogP contribution in [0.25, 0.3) is 0 Å². The minimum Gasteiger partial charge on any atom is -0.481 e. The lowest BCUT2D eigenvalue weighted by Crippen LogP contribution is -2.23. The van der Waals surface area contributed by atoms with Gasteiger partial charge in [0.1, 0.15) is 0 Å². The first kappa shape index (κ1) is 13.1. The third kappa shape index (κ3) is 2.15. The van der Waals surface area contributed by atoms with Crippen molar-refractivity contribution < 1.29 is 15.0 Å². The minimum absolute atomic E-state index is 0.491. The lowest BCUT2D eigenvalue weighted by Gasteiger charge is -2.19. The normalized spacial score (nSPS) is 20.2. The SMILES string of the molecule is CCC(C)c1ccc(C(O)C2(C(=O)O)CC2)cc1. The molecule has 2 atom stereocenters. The Morgan fingerprint density at radius 3 is 2.17 bits per heavy atom. The average Bonchev–Trinajstić information content (AvgIpc) is 3.18. The molecule has 0 bridgehead atoms. The van der Waals surface area contributed by atoms with Crippen LogP contribution in [-0.4, -0.2) is 16.2 Å². The molecule has 1 aromatic rings. The number of hydrogen-bond acceptors (Lipinski definition) is 2. The highest BCUT2D eigenvalue weighted by Gasteiger charge is 2.56. The predicted molar refractivity (Wildman–Crippen MR) is 69.4 cm³/mol. The van der Waals surface area contributed by atoms with E-state index in [9.17, 15) is 9.90 Å². The Morgan fingerprint density at radius 2 is 1.78 bits per heavy atom. The number of carbonyl (C=O) groups is 1. The number of benzene rings is 1. The molecule has 1 aromatic carbocycles. The number of hydrogen-bond donors (Lipinski definition) is 2. The van der Waals surface area contributed by atoms with Crippen LogP contribution in [0.1, 0.15) is 56.3 Å². The van der Waals surface area contributed by atoms with Crippen molar-refractivity contribution in [3.63, 3.8) is 0 Å². The molecule has 1 saturated carbocycles. The van der Waals surface area contributed by atoms with Crippen LogP contribution in [0.3, 0.4) is 0 Å². The second-order valence-electron chi connectivity index (χ2n) is 5.34. The quantitative estimate of drug-likeness (QED) is 0.841. The summed E-state index contributed by atoms with van der Waals surface area (Å²) in [6.45, 7) is 4.29. The first-order valence-electron chi connectivity index (χ1n) is 6.52. The van der Waals surface area contributed by atoms with Gasteiger partial charge in [-0.05, 0) is 36.3 Å². The molecular formula is C15H20O3. The van der Waals surface area contributed by atoms with Gasteiger partial charge in [-0.25, -0.2) is 0 Å². The molecule has 0 heterocycles. The molecule has 0 radical (unpaired) electrons. The fourth-order valence-corrected chi connectivity index (χ4v) is 2.30. The zero-order valence-corrected chi connectivity index (χ0v) is 10.9. The molecule has 2 unspecified atom stereocenters. The van der Waals surface area contributed by atoms with Gasteiger partial charge >= 0.3 is 5.97 Å². The zero-order valence-electron chi connectivity index (χ0n) is 10.9. The molecule has 3 nitrogen and oxygen atoms in total. The lowest BCUT2D eigenvalue weighted by atomic mass is 9.90. The van der Waals surface area contributed by atoms with Crippen LogP contribution < -0.4 is 0 Å². The largest absolute Gasteiger partial charge is 0.481 e. The molecule has 2 rings (SSSR count). The molecule has 0 aliphatic heterocycles. The summed E-state index contributed by atoms with van der Waals surface area (Å²) in [5, 5.41) is 19.3. The van der Waals surface area contributed by atoms with E-state index >= 15 is 0 Å². The van der Waals surface area contributed by atoms with Crippen molar-refractivity contribution in [1.82, 2.24) is 0 Å². The number of rotatable bonds is 5. The van der Waals surface area contributed by atoms with Gasteiger partial charge < -0.3 is 10.2 Å². The Kier molecular flexibility index (Phi) is 3.44. The number of carboxylic acid groups (broad SMARTS) is 1. The molecule has 0 saturated heterocycles. The molecule has 0 spiro atoms. The maximum Gasteiger partial charge on any atom is 0.312 e. The van der Waals surface area contributed by atoms with Crippen molar-refractivity contribution in [1.29, 1.82) is 0 Å². The van der Waals surface area contributed by atoms with Crippen LogP contribution in [0.4, 0.5) is 0 Å². The average molecular weight is 248 g/mol. The van der Waals surface area contributed by atoms with Gasteiger partial charge in [-0.1, -0.05) is 38.1 Å². The van der Waals surface area contributed by atoms with Crippen LogP contribution in [-0.2, 0) is 4.79 Å². The summed E-state index contributed by atoms with van der Waals surface area (Å²) in [7, 11) is 0. The van der Waals surface area contributed by atoms with E-state index in [1.807, 2.05) is 24.3 Å². The summed E-state index contributed by atoms with van der Waals surface area (Å²) in [4.78, 5) is 11.2. The monoisotopic (exact) mass is 248 g/mol. The molecule has 0 aromatic heterocycles. The van der Waals surface area contributed by atoms with Gasteiger partial charge in [0.05, 0.1) is 11.5 Å². The van der Waals surface area contributed by atoms with Gasteiger partial charge in [0.25, 0.3) is 0 Å². The summed E-state index contributed by atoms with van der Waals surface area (Å²) >= 11 is 0.